The third kappa shape index (κ3) is 4.57. The highest BCUT2D eigenvalue weighted by Crippen LogP contribution is 2.17. The fourth-order valence-corrected chi connectivity index (χ4v) is 3.21. The number of rotatable bonds is 5. The molecule has 1 heterocycles. The Balaban J connectivity index is 1.59. The number of thiazole rings is 1. The number of nitrogens with one attached hydrogen (secondary N) is 1. The van der Waals surface area contributed by atoms with Crippen LogP contribution < -0.4 is 5.32 Å². The minimum Gasteiger partial charge on any atom is -0.347 e. The largest absolute Gasteiger partial charge is 0.347 e. The molecule has 1 aromatic heterocycles. The van der Waals surface area contributed by atoms with Gasteiger partial charge in [-0.05, 0) is 35.4 Å². The monoisotopic (exact) mass is 376 g/mol. The molecular weight excluding hydrogens is 363 g/mol. The first-order chi connectivity index (χ1) is 11.6. The molecule has 1 N–H and O–H groups in total. The van der Waals surface area contributed by atoms with E-state index in [2.05, 4.69) is 10.3 Å². The lowest BCUT2D eigenvalue weighted by Gasteiger charge is -2.03. The third-order valence-corrected chi connectivity index (χ3v) is 4.77. The zero-order valence-electron chi connectivity index (χ0n) is 12.6. The second-order valence-electron chi connectivity index (χ2n) is 5.24. The van der Waals surface area contributed by atoms with Crippen molar-refractivity contribution in [2.45, 2.75) is 13.0 Å². The number of nitrogens with zero attached hydrogens (tertiary/aromatic N) is 1. The Morgan fingerprint density at radius 1 is 0.958 bits per heavy atom. The molecule has 0 aliphatic carbocycles. The molecule has 0 unspecified atom stereocenters. The van der Waals surface area contributed by atoms with Gasteiger partial charge >= 0.3 is 0 Å². The van der Waals surface area contributed by atoms with Gasteiger partial charge in [-0.3, -0.25) is 4.79 Å². The van der Waals surface area contributed by atoms with Crippen LogP contribution in [0.4, 0.5) is 0 Å². The van der Waals surface area contributed by atoms with E-state index in [9.17, 15) is 4.79 Å². The minimum absolute atomic E-state index is 0.177. The zero-order chi connectivity index (χ0) is 16.9. The van der Waals surface area contributed by atoms with Gasteiger partial charge in [0.15, 0.2) is 0 Å². The first-order valence-electron chi connectivity index (χ1n) is 7.31. The van der Waals surface area contributed by atoms with E-state index in [0.29, 0.717) is 28.7 Å². The quantitative estimate of drug-likeness (QED) is 0.682. The summed E-state index contributed by atoms with van der Waals surface area (Å²) in [6.07, 6.45) is 0.687. The van der Waals surface area contributed by atoms with Gasteiger partial charge in [0.2, 0.25) is 0 Å². The molecule has 0 atom stereocenters. The maximum atomic E-state index is 12.2. The molecule has 2 aromatic carbocycles. The number of amides is 1. The Kier molecular flexibility index (Phi) is 5.51. The van der Waals surface area contributed by atoms with Gasteiger partial charge < -0.3 is 5.32 Å². The van der Waals surface area contributed by atoms with Crippen molar-refractivity contribution >= 4 is 40.4 Å². The molecule has 3 rings (SSSR count). The van der Waals surface area contributed by atoms with Crippen LogP contribution in [0.3, 0.4) is 0 Å². The molecule has 3 aromatic rings. The van der Waals surface area contributed by atoms with E-state index in [1.807, 2.05) is 36.4 Å². The summed E-state index contributed by atoms with van der Waals surface area (Å²) < 4.78 is 0. The van der Waals surface area contributed by atoms with Gasteiger partial charge in [0.05, 0.1) is 5.01 Å². The molecule has 0 spiro atoms. The van der Waals surface area contributed by atoms with E-state index in [1.54, 1.807) is 17.5 Å². The van der Waals surface area contributed by atoms with Crippen LogP contribution in [0.1, 0.15) is 26.6 Å². The highest BCUT2D eigenvalue weighted by atomic mass is 35.5. The summed E-state index contributed by atoms with van der Waals surface area (Å²) in [7, 11) is 0. The van der Waals surface area contributed by atoms with E-state index in [0.717, 1.165) is 16.1 Å². The Morgan fingerprint density at radius 2 is 1.54 bits per heavy atom. The molecule has 0 aliphatic heterocycles. The molecule has 1 amide bonds. The number of benzene rings is 2. The van der Waals surface area contributed by atoms with Crippen LogP contribution in [-0.2, 0) is 13.0 Å². The fraction of sp³-hybridized carbons (Fsp3) is 0.111. The second kappa shape index (κ2) is 7.79. The van der Waals surface area contributed by atoms with Crippen molar-refractivity contribution in [3.05, 3.63) is 85.8 Å². The number of carbonyl (C=O) groups excluding carboxylic acids is 1. The molecular formula is C18H14Cl2N2OS. The smallest absolute Gasteiger partial charge is 0.271 e. The molecule has 24 heavy (non-hydrogen) atoms. The highest BCUT2D eigenvalue weighted by Gasteiger charge is 2.11. The summed E-state index contributed by atoms with van der Waals surface area (Å²) in [6, 6.07) is 15.0. The predicted octanol–water partition coefficient (Wildman–Crippen LogP) is 4.97. The SMILES string of the molecule is O=C(NCc1ccc(Cl)cc1)c1csc(Cc2ccc(Cl)cc2)n1. The van der Waals surface area contributed by atoms with Crippen LogP contribution >= 0.6 is 34.5 Å². The molecule has 6 heteroatoms. The van der Waals surface area contributed by atoms with Gasteiger partial charge in [-0.15, -0.1) is 11.3 Å². The van der Waals surface area contributed by atoms with Gasteiger partial charge in [0.1, 0.15) is 5.69 Å². The van der Waals surface area contributed by atoms with Crippen molar-refractivity contribution in [3.63, 3.8) is 0 Å². The Bertz CT molecular complexity index is 829. The molecule has 0 saturated heterocycles. The Hall–Kier alpha value is -1.88. The van der Waals surface area contributed by atoms with Crippen molar-refractivity contribution < 1.29 is 4.79 Å². The first kappa shape index (κ1) is 17.0. The number of aromatic nitrogens is 1. The summed E-state index contributed by atoms with van der Waals surface area (Å²) in [5.41, 5.74) is 2.55. The molecule has 0 saturated carbocycles. The Labute approximate surface area is 154 Å². The normalized spacial score (nSPS) is 10.6. The van der Waals surface area contributed by atoms with Crippen molar-refractivity contribution in [1.29, 1.82) is 0 Å². The predicted molar refractivity (Wildman–Crippen MR) is 99.0 cm³/mol. The van der Waals surface area contributed by atoms with Gasteiger partial charge in [-0.2, -0.15) is 0 Å². The average Bonchev–Trinajstić information content (AvgIpc) is 3.05. The van der Waals surface area contributed by atoms with Crippen LogP contribution in [-0.4, -0.2) is 10.9 Å². The van der Waals surface area contributed by atoms with E-state index >= 15 is 0 Å². The van der Waals surface area contributed by atoms with Crippen LogP contribution in [0.25, 0.3) is 0 Å². The molecule has 0 radical (unpaired) electrons. The lowest BCUT2D eigenvalue weighted by molar-refractivity contribution is 0.0946. The van der Waals surface area contributed by atoms with Gasteiger partial charge in [0.25, 0.3) is 5.91 Å². The molecule has 122 valence electrons. The number of hydrogen-bond acceptors (Lipinski definition) is 3. The lowest BCUT2D eigenvalue weighted by atomic mass is 10.2. The maximum absolute atomic E-state index is 12.2. The first-order valence-corrected chi connectivity index (χ1v) is 8.95. The molecule has 0 aliphatic rings. The van der Waals surface area contributed by atoms with Gasteiger partial charge in [-0.25, -0.2) is 4.98 Å². The van der Waals surface area contributed by atoms with Crippen LogP contribution in [0.5, 0.6) is 0 Å². The maximum Gasteiger partial charge on any atom is 0.271 e. The topological polar surface area (TPSA) is 42.0 Å². The summed E-state index contributed by atoms with van der Waals surface area (Å²) >= 11 is 13.2. The molecule has 0 bridgehead atoms. The van der Waals surface area contributed by atoms with Crippen molar-refractivity contribution in [1.82, 2.24) is 10.3 Å². The zero-order valence-corrected chi connectivity index (χ0v) is 15.0. The van der Waals surface area contributed by atoms with Gasteiger partial charge in [-0.1, -0.05) is 47.5 Å². The number of carbonyl (C=O) groups is 1. The van der Waals surface area contributed by atoms with Crippen LogP contribution in [0, 0.1) is 0 Å². The van der Waals surface area contributed by atoms with E-state index < -0.39 is 0 Å². The van der Waals surface area contributed by atoms with Crippen LogP contribution in [0.2, 0.25) is 10.0 Å². The van der Waals surface area contributed by atoms with Crippen LogP contribution in [0.15, 0.2) is 53.9 Å². The average molecular weight is 377 g/mol. The van der Waals surface area contributed by atoms with Crippen molar-refractivity contribution in [2.75, 3.05) is 0 Å². The molecule has 3 nitrogen and oxygen atoms in total. The molecule has 0 fully saturated rings. The fourth-order valence-electron chi connectivity index (χ4n) is 2.15. The minimum atomic E-state index is -0.177. The standard InChI is InChI=1S/C18H14Cl2N2OS/c19-14-5-1-12(2-6-14)9-17-22-16(11-24-17)18(23)21-10-13-3-7-15(20)8-4-13/h1-8,11H,9-10H2,(H,21,23). The number of hydrogen-bond donors (Lipinski definition) is 1. The lowest BCUT2D eigenvalue weighted by Crippen LogP contribution is -2.23. The highest BCUT2D eigenvalue weighted by molar-refractivity contribution is 7.09. The van der Waals surface area contributed by atoms with E-state index in [4.69, 9.17) is 23.2 Å². The summed E-state index contributed by atoms with van der Waals surface area (Å²) in [5.74, 6) is -0.177. The third-order valence-electron chi connectivity index (χ3n) is 3.42. The van der Waals surface area contributed by atoms with Gasteiger partial charge in [0, 0.05) is 28.4 Å². The number of halogens is 2. The summed E-state index contributed by atoms with van der Waals surface area (Å²) in [5, 5.41) is 6.93. The van der Waals surface area contributed by atoms with Crippen molar-refractivity contribution in [3.8, 4) is 0 Å². The second-order valence-corrected chi connectivity index (χ2v) is 7.05. The van der Waals surface area contributed by atoms with E-state index in [1.165, 1.54) is 11.3 Å². The van der Waals surface area contributed by atoms with Crippen molar-refractivity contribution in [2.24, 2.45) is 0 Å². The van der Waals surface area contributed by atoms with E-state index in [-0.39, 0.29) is 5.91 Å². The Morgan fingerprint density at radius 3 is 2.17 bits per heavy atom. The summed E-state index contributed by atoms with van der Waals surface area (Å²) in [6.45, 7) is 0.444. The summed E-state index contributed by atoms with van der Waals surface area (Å²) in [4.78, 5) is 16.6.